The molecule has 0 aromatic heterocycles. The number of hydrogen-bond donors (Lipinski definition) is 2. The van der Waals surface area contributed by atoms with E-state index in [1.807, 2.05) is 18.7 Å². The van der Waals surface area contributed by atoms with Crippen molar-refractivity contribution in [1.82, 2.24) is 5.32 Å². The Balaban J connectivity index is 2.27. The van der Waals surface area contributed by atoms with Crippen LogP contribution in [-0.4, -0.2) is 24.2 Å². The number of nitrogens with two attached hydrogens (primary N) is 1. The highest BCUT2D eigenvalue weighted by atomic mass is 32.2. The summed E-state index contributed by atoms with van der Waals surface area (Å²) < 4.78 is 0. The fraction of sp³-hybridized carbons (Fsp3) is 0.500. The molecule has 3 nitrogen and oxygen atoms in total. The molecular weight excluding hydrogens is 244 g/mol. The lowest BCUT2D eigenvalue weighted by atomic mass is 10.2. The first-order valence-electron chi connectivity index (χ1n) is 6.29. The van der Waals surface area contributed by atoms with Crippen LogP contribution in [0.5, 0.6) is 0 Å². The van der Waals surface area contributed by atoms with E-state index in [0.717, 1.165) is 24.5 Å². The molecule has 0 saturated carbocycles. The van der Waals surface area contributed by atoms with Crippen molar-refractivity contribution in [1.29, 1.82) is 0 Å². The highest BCUT2D eigenvalue weighted by molar-refractivity contribution is 7.98. The van der Waals surface area contributed by atoms with Gasteiger partial charge in [0.25, 0.3) is 0 Å². The second-order valence-corrected chi connectivity index (χ2v) is 5.45. The maximum atomic E-state index is 11.1. The van der Waals surface area contributed by atoms with E-state index in [9.17, 15) is 4.79 Å². The maximum Gasteiger partial charge on any atom is 0.234 e. The van der Waals surface area contributed by atoms with Crippen molar-refractivity contribution < 1.29 is 4.79 Å². The molecule has 0 aliphatic carbocycles. The van der Waals surface area contributed by atoms with Gasteiger partial charge in [0.1, 0.15) is 0 Å². The zero-order chi connectivity index (χ0) is 13.4. The van der Waals surface area contributed by atoms with Crippen molar-refractivity contribution in [3.05, 3.63) is 35.4 Å². The zero-order valence-corrected chi connectivity index (χ0v) is 11.9. The van der Waals surface area contributed by atoms with Crippen molar-refractivity contribution in [2.24, 2.45) is 5.73 Å². The Labute approximate surface area is 114 Å². The fourth-order valence-electron chi connectivity index (χ4n) is 1.78. The molecule has 18 heavy (non-hydrogen) atoms. The number of carbonyl (C=O) groups is 1. The molecule has 0 aliphatic heterocycles. The van der Waals surface area contributed by atoms with Crippen molar-refractivity contribution in [3.8, 4) is 0 Å². The van der Waals surface area contributed by atoms with Crippen LogP contribution in [0, 0.1) is 6.92 Å². The molecule has 0 spiro atoms. The largest absolute Gasteiger partial charge is 0.368 e. The molecule has 4 heteroatoms. The Morgan fingerprint density at radius 1 is 1.50 bits per heavy atom. The minimum Gasteiger partial charge on any atom is -0.368 e. The van der Waals surface area contributed by atoms with Gasteiger partial charge in [-0.2, -0.15) is 11.8 Å². The van der Waals surface area contributed by atoms with Crippen molar-refractivity contribution in [3.63, 3.8) is 0 Å². The number of aryl methyl sites for hydroxylation is 1. The van der Waals surface area contributed by atoms with Crippen molar-refractivity contribution in [2.45, 2.75) is 32.1 Å². The van der Waals surface area contributed by atoms with Gasteiger partial charge in [-0.05, 0) is 31.2 Å². The molecule has 1 aromatic carbocycles. The smallest absolute Gasteiger partial charge is 0.234 e. The number of amides is 1. The second kappa shape index (κ2) is 8.16. The normalized spacial score (nSPS) is 12.3. The van der Waals surface area contributed by atoms with Crippen molar-refractivity contribution in [2.75, 3.05) is 12.3 Å². The lowest BCUT2D eigenvalue weighted by Crippen LogP contribution is -2.41. The summed E-state index contributed by atoms with van der Waals surface area (Å²) in [5, 5.41) is 3.10. The standard InChI is InChI=1S/C14H22N2OS/c1-3-16-13(14(15)17)7-8-18-10-12-6-4-5-11(2)9-12/h4-6,9,13,16H,3,7-8,10H2,1-2H3,(H2,15,17). The summed E-state index contributed by atoms with van der Waals surface area (Å²) >= 11 is 1.84. The number of nitrogens with one attached hydrogen (secondary N) is 1. The van der Waals surface area contributed by atoms with E-state index in [0.29, 0.717) is 0 Å². The highest BCUT2D eigenvalue weighted by Gasteiger charge is 2.12. The van der Waals surface area contributed by atoms with Gasteiger partial charge in [0.2, 0.25) is 5.91 Å². The van der Waals surface area contributed by atoms with Crippen LogP contribution < -0.4 is 11.1 Å². The molecule has 1 aromatic rings. The number of likely N-dealkylation sites (N-methyl/N-ethyl adjacent to an activating group) is 1. The summed E-state index contributed by atoms with van der Waals surface area (Å²) in [5.41, 5.74) is 7.95. The van der Waals surface area contributed by atoms with Gasteiger partial charge in [0.15, 0.2) is 0 Å². The third-order valence-electron chi connectivity index (χ3n) is 2.70. The Hall–Kier alpha value is -1.00. The topological polar surface area (TPSA) is 55.1 Å². The van der Waals surface area contributed by atoms with Crippen LogP contribution in [0.2, 0.25) is 0 Å². The summed E-state index contributed by atoms with van der Waals surface area (Å²) in [5.74, 6) is 1.67. The number of benzene rings is 1. The van der Waals surface area contributed by atoms with E-state index < -0.39 is 0 Å². The Kier molecular flexibility index (Phi) is 6.83. The van der Waals surface area contributed by atoms with Gasteiger partial charge in [-0.25, -0.2) is 0 Å². The number of rotatable bonds is 8. The Morgan fingerprint density at radius 2 is 2.28 bits per heavy atom. The predicted octanol–water partition coefficient (Wildman–Crippen LogP) is 2.08. The van der Waals surface area contributed by atoms with Gasteiger partial charge >= 0.3 is 0 Å². The molecule has 0 saturated heterocycles. The average molecular weight is 266 g/mol. The van der Waals surface area contributed by atoms with E-state index >= 15 is 0 Å². The van der Waals surface area contributed by atoms with E-state index in [-0.39, 0.29) is 11.9 Å². The first-order valence-corrected chi connectivity index (χ1v) is 7.45. The first kappa shape index (κ1) is 15.1. The van der Waals surface area contributed by atoms with Crippen LogP contribution in [-0.2, 0) is 10.5 Å². The minimum atomic E-state index is -0.256. The summed E-state index contributed by atoms with van der Waals surface area (Å²) in [4.78, 5) is 11.1. The van der Waals surface area contributed by atoms with Crippen LogP contribution >= 0.6 is 11.8 Å². The minimum absolute atomic E-state index is 0.194. The molecule has 3 N–H and O–H groups in total. The molecule has 0 bridgehead atoms. The van der Waals surface area contributed by atoms with E-state index in [1.54, 1.807) is 0 Å². The van der Waals surface area contributed by atoms with Gasteiger partial charge in [0, 0.05) is 5.75 Å². The van der Waals surface area contributed by atoms with E-state index in [4.69, 9.17) is 5.73 Å². The van der Waals surface area contributed by atoms with E-state index in [1.165, 1.54) is 11.1 Å². The summed E-state index contributed by atoms with van der Waals surface area (Å²) in [7, 11) is 0. The average Bonchev–Trinajstić information content (AvgIpc) is 2.33. The van der Waals surface area contributed by atoms with Crippen LogP contribution in [0.25, 0.3) is 0 Å². The number of thioether (sulfide) groups is 1. The molecule has 1 amide bonds. The summed E-state index contributed by atoms with van der Waals surface area (Å²) in [6, 6.07) is 8.32. The lowest BCUT2D eigenvalue weighted by Gasteiger charge is -2.13. The Morgan fingerprint density at radius 3 is 2.89 bits per heavy atom. The van der Waals surface area contributed by atoms with Crippen LogP contribution in [0.4, 0.5) is 0 Å². The summed E-state index contributed by atoms with van der Waals surface area (Å²) in [6.07, 6.45) is 0.791. The quantitative estimate of drug-likeness (QED) is 0.708. The van der Waals surface area contributed by atoms with Crippen LogP contribution in [0.15, 0.2) is 24.3 Å². The molecule has 0 fully saturated rings. The van der Waals surface area contributed by atoms with Crippen molar-refractivity contribution >= 4 is 17.7 Å². The second-order valence-electron chi connectivity index (χ2n) is 4.34. The molecule has 100 valence electrons. The van der Waals surface area contributed by atoms with Gasteiger partial charge in [-0.1, -0.05) is 36.8 Å². The molecule has 1 rings (SSSR count). The SMILES string of the molecule is CCNC(CCSCc1cccc(C)c1)C(N)=O. The zero-order valence-electron chi connectivity index (χ0n) is 11.1. The van der Waals surface area contributed by atoms with Crippen LogP contribution in [0.3, 0.4) is 0 Å². The third-order valence-corrected chi connectivity index (χ3v) is 3.76. The third kappa shape index (κ3) is 5.56. The van der Waals surface area contributed by atoms with E-state index in [2.05, 4.69) is 36.5 Å². The molecule has 0 radical (unpaired) electrons. The van der Waals surface area contributed by atoms with Gasteiger partial charge in [0.05, 0.1) is 6.04 Å². The van der Waals surface area contributed by atoms with Gasteiger partial charge in [-0.3, -0.25) is 4.79 Å². The summed E-state index contributed by atoms with van der Waals surface area (Å²) in [6.45, 7) is 4.86. The number of primary amides is 1. The predicted molar refractivity (Wildman–Crippen MR) is 78.6 cm³/mol. The molecular formula is C14H22N2OS. The highest BCUT2D eigenvalue weighted by Crippen LogP contribution is 2.15. The van der Waals surface area contributed by atoms with Gasteiger partial charge in [-0.15, -0.1) is 0 Å². The lowest BCUT2D eigenvalue weighted by molar-refractivity contribution is -0.120. The van der Waals surface area contributed by atoms with Crippen LogP contribution in [0.1, 0.15) is 24.5 Å². The monoisotopic (exact) mass is 266 g/mol. The Bertz CT molecular complexity index is 382. The molecule has 1 unspecified atom stereocenters. The molecule has 0 aliphatic rings. The number of carbonyl (C=O) groups excluding carboxylic acids is 1. The molecule has 0 heterocycles. The van der Waals surface area contributed by atoms with Gasteiger partial charge < -0.3 is 11.1 Å². The molecule has 1 atom stereocenters. The fourth-order valence-corrected chi connectivity index (χ4v) is 2.75. The number of hydrogen-bond acceptors (Lipinski definition) is 3. The first-order chi connectivity index (χ1) is 8.63. The maximum absolute atomic E-state index is 11.1.